The quantitative estimate of drug-likeness (QED) is 0.556. The third kappa shape index (κ3) is 6.00. The van der Waals surface area contributed by atoms with Gasteiger partial charge in [0.1, 0.15) is 5.60 Å². The molecule has 0 atom stereocenters. The number of benzene rings is 1. The molecule has 22 heavy (non-hydrogen) atoms. The van der Waals surface area contributed by atoms with E-state index in [0.29, 0.717) is 3.39 Å². The van der Waals surface area contributed by atoms with Gasteiger partial charge in [0.2, 0.25) is 0 Å². The molecule has 1 rings (SSSR count). The van der Waals surface area contributed by atoms with E-state index in [1.165, 1.54) is 18.3 Å². The molecule has 0 saturated heterocycles. The van der Waals surface area contributed by atoms with Crippen molar-refractivity contribution in [2.45, 2.75) is 32.5 Å². The second kappa shape index (κ2) is 7.04. The standard InChI is InChI=1S/C14H14Br2F3NO2/c1-13(2,3)22-12(21)20(8-11(15)16)10-6-4-9(5-7-10)14(17,18)19/h4-8H,1-3H3. The Morgan fingerprint density at radius 1 is 1.14 bits per heavy atom. The van der Waals surface area contributed by atoms with Crippen molar-refractivity contribution in [3.05, 3.63) is 39.4 Å². The fourth-order valence-electron chi connectivity index (χ4n) is 1.45. The van der Waals surface area contributed by atoms with Crippen LogP contribution >= 0.6 is 31.9 Å². The van der Waals surface area contributed by atoms with Crippen LogP contribution in [0.5, 0.6) is 0 Å². The first-order valence-corrected chi connectivity index (χ1v) is 7.71. The summed E-state index contributed by atoms with van der Waals surface area (Å²) in [4.78, 5) is 13.3. The topological polar surface area (TPSA) is 29.5 Å². The Bertz CT molecular complexity index is 559. The van der Waals surface area contributed by atoms with E-state index in [9.17, 15) is 18.0 Å². The molecule has 0 heterocycles. The Morgan fingerprint density at radius 2 is 1.64 bits per heavy atom. The van der Waals surface area contributed by atoms with Crippen LogP contribution < -0.4 is 4.90 Å². The highest BCUT2D eigenvalue weighted by Crippen LogP contribution is 2.31. The van der Waals surface area contributed by atoms with Crippen molar-refractivity contribution in [1.29, 1.82) is 0 Å². The maximum Gasteiger partial charge on any atom is 0.419 e. The first-order valence-electron chi connectivity index (χ1n) is 6.12. The van der Waals surface area contributed by atoms with E-state index in [1.54, 1.807) is 20.8 Å². The van der Waals surface area contributed by atoms with Crippen molar-refractivity contribution in [3.8, 4) is 0 Å². The highest BCUT2D eigenvalue weighted by molar-refractivity contribution is 9.28. The summed E-state index contributed by atoms with van der Waals surface area (Å²) in [6.45, 7) is 5.09. The smallest absolute Gasteiger partial charge is 0.419 e. The lowest BCUT2D eigenvalue weighted by atomic mass is 10.2. The van der Waals surface area contributed by atoms with Crippen LogP contribution in [0.4, 0.5) is 23.7 Å². The molecule has 3 nitrogen and oxygen atoms in total. The van der Waals surface area contributed by atoms with Gasteiger partial charge in [-0.2, -0.15) is 13.2 Å². The molecular weight excluding hydrogens is 431 g/mol. The minimum Gasteiger partial charge on any atom is -0.443 e. The fraction of sp³-hybridized carbons (Fsp3) is 0.357. The molecule has 1 aromatic rings. The molecule has 0 radical (unpaired) electrons. The Labute approximate surface area is 143 Å². The van der Waals surface area contributed by atoms with Crippen molar-refractivity contribution in [1.82, 2.24) is 0 Å². The highest BCUT2D eigenvalue weighted by atomic mass is 79.9. The molecule has 0 aliphatic heterocycles. The zero-order valence-electron chi connectivity index (χ0n) is 12.0. The normalized spacial score (nSPS) is 11.8. The molecule has 0 spiro atoms. The summed E-state index contributed by atoms with van der Waals surface area (Å²) >= 11 is 6.23. The summed E-state index contributed by atoms with van der Waals surface area (Å²) in [6, 6.07) is 4.21. The number of ether oxygens (including phenoxy) is 1. The van der Waals surface area contributed by atoms with E-state index in [-0.39, 0.29) is 5.69 Å². The third-order valence-corrected chi connectivity index (χ3v) is 2.70. The predicted octanol–water partition coefficient (Wildman–Crippen LogP) is 6.04. The lowest BCUT2D eigenvalue weighted by Gasteiger charge is -2.25. The molecule has 1 aromatic carbocycles. The van der Waals surface area contributed by atoms with Crippen LogP contribution in [-0.2, 0) is 10.9 Å². The summed E-state index contributed by atoms with van der Waals surface area (Å²) in [5.41, 5.74) is -1.27. The summed E-state index contributed by atoms with van der Waals surface area (Å²) in [5.74, 6) is 0. The molecule has 0 aromatic heterocycles. The van der Waals surface area contributed by atoms with Gasteiger partial charge in [-0.05, 0) is 76.9 Å². The number of anilines is 1. The summed E-state index contributed by atoms with van der Waals surface area (Å²) < 4.78 is 43.4. The number of hydrogen-bond acceptors (Lipinski definition) is 2. The largest absolute Gasteiger partial charge is 0.443 e. The average Bonchev–Trinajstić information content (AvgIpc) is 2.32. The van der Waals surface area contributed by atoms with Crippen LogP contribution in [0.2, 0.25) is 0 Å². The molecule has 0 aliphatic rings. The first kappa shape index (κ1) is 19.0. The molecule has 0 bridgehead atoms. The van der Waals surface area contributed by atoms with Gasteiger partial charge in [0.25, 0.3) is 0 Å². The zero-order valence-corrected chi connectivity index (χ0v) is 15.2. The van der Waals surface area contributed by atoms with Gasteiger partial charge >= 0.3 is 12.3 Å². The zero-order chi connectivity index (χ0) is 17.1. The van der Waals surface area contributed by atoms with Crippen LogP contribution in [0.1, 0.15) is 26.3 Å². The van der Waals surface area contributed by atoms with Crippen molar-refractivity contribution < 1.29 is 22.7 Å². The lowest BCUT2D eigenvalue weighted by Crippen LogP contribution is -2.33. The Morgan fingerprint density at radius 3 is 2.00 bits per heavy atom. The van der Waals surface area contributed by atoms with Crippen molar-refractivity contribution in [3.63, 3.8) is 0 Å². The molecular formula is C14H14Br2F3NO2. The average molecular weight is 445 g/mol. The minimum atomic E-state index is -4.43. The minimum absolute atomic E-state index is 0.249. The Balaban J connectivity index is 3.13. The van der Waals surface area contributed by atoms with Crippen LogP contribution in [0, 0.1) is 0 Å². The van der Waals surface area contributed by atoms with E-state index in [4.69, 9.17) is 4.74 Å². The molecule has 122 valence electrons. The summed E-state index contributed by atoms with van der Waals surface area (Å²) in [6.07, 6.45) is -3.78. The maximum absolute atomic E-state index is 12.6. The molecule has 0 aliphatic carbocycles. The van der Waals surface area contributed by atoms with Gasteiger partial charge in [-0.3, -0.25) is 4.90 Å². The Hall–Kier alpha value is -1.02. The fourth-order valence-corrected chi connectivity index (χ4v) is 1.86. The Kier molecular flexibility index (Phi) is 6.09. The van der Waals surface area contributed by atoms with Gasteiger partial charge in [-0.15, -0.1) is 0 Å². The van der Waals surface area contributed by atoms with E-state index in [0.717, 1.165) is 17.0 Å². The molecule has 0 fully saturated rings. The number of rotatable bonds is 2. The number of hydrogen-bond donors (Lipinski definition) is 0. The SMILES string of the molecule is CC(C)(C)OC(=O)N(C=C(Br)Br)c1ccc(C(F)(F)F)cc1. The number of nitrogens with zero attached hydrogens (tertiary/aromatic N) is 1. The second-order valence-electron chi connectivity index (χ2n) is 5.31. The highest BCUT2D eigenvalue weighted by Gasteiger charge is 2.30. The summed E-state index contributed by atoms with van der Waals surface area (Å²) in [5, 5.41) is 0. The van der Waals surface area contributed by atoms with Gasteiger partial charge in [-0.1, -0.05) is 0 Å². The van der Waals surface area contributed by atoms with E-state index in [1.807, 2.05) is 0 Å². The number of halogens is 5. The van der Waals surface area contributed by atoms with Gasteiger partial charge in [0.15, 0.2) is 0 Å². The molecule has 8 heteroatoms. The van der Waals surface area contributed by atoms with E-state index >= 15 is 0 Å². The van der Waals surface area contributed by atoms with Crippen molar-refractivity contribution >= 4 is 43.6 Å². The first-order chi connectivity index (χ1) is 9.90. The summed E-state index contributed by atoms with van der Waals surface area (Å²) in [7, 11) is 0. The van der Waals surface area contributed by atoms with Crippen molar-refractivity contribution in [2.24, 2.45) is 0 Å². The number of carbonyl (C=O) groups excluding carboxylic acids is 1. The van der Waals surface area contributed by atoms with Crippen LogP contribution in [0.3, 0.4) is 0 Å². The number of amides is 1. The monoisotopic (exact) mass is 443 g/mol. The predicted molar refractivity (Wildman–Crippen MR) is 86.1 cm³/mol. The number of alkyl halides is 3. The molecule has 0 unspecified atom stereocenters. The van der Waals surface area contributed by atoms with Gasteiger partial charge in [-0.25, -0.2) is 4.79 Å². The van der Waals surface area contributed by atoms with E-state index < -0.39 is 23.4 Å². The maximum atomic E-state index is 12.6. The number of carbonyl (C=O) groups is 1. The van der Waals surface area contributed by atoms with Crippen LogP contribution in [0.25, 0.3) is 0 Å². The van der Waals surface area contributed by atoms with Gasteiger partial charge < -0.3 is 4.74 Å². The van der Waals surface area contributed by atoms with Gasteiger partial charge in [0.05, 0.1) is 14.6 Å². The molecule has 0 saturated carbocycles. The molecule has 1 amide bonds. The molecule has 0 N–H and O–H groups in total. The van der Waals surface area contributed by atoms with Crippen molar-refractivity contribution in [2.75, 3.05) is 4.90 Å². The third-order valence-electron chi connectivity index (χ3n) is 2.29. The van der Waals surface area contributed by atoms with Crippen LogP contribution in [0.15, 0.2) is 33.9 Å². The second-order valence-corrected chi connectivity index (χ2v) is 8.09. The van der Waals surface area contributed by atoms with Crippen LogP contribution in [-0.4, -0.2) is 11.7 Å². The van der Waals surface area contributed by atoms with Gasteiger partial charge in [0, 0.05) is 6.20 Å². The lowest BCUT2D eigenvalue weighted by molar-refractivity contribution is -0.137. The van der Waals surface area contributed by atoms with E-state index in [2.05, 4.69) is 31.9 Å².